The Labute approximate surface area is 102 Å². The summed E-state index contributed by atoms with van der Waals surface area (Å²) in [5, 5.41) is 18.7. The van der Waals surface area contributed by atoms with Crippen LogP contribution >= 0.6 is 0 Å². The van der Waals surface area contributed by atoms with Crippen molar-refractivity contribution < 1.29 is 9.72 Å². The molecule has 8 nitrogen and oxygen atoms in total. The van der Waals surface area contributed by atoms with E-state index < -0.39 is 10.8 Å². The molecule has 2 heterocycles. The second-order valence-electron chi connectivity index (χ2n) is 3.93. The average molecular weight is 249 g/mol. The summed E-state index contributed by atoms with van der Waals surface area (Å²) in [5.74, 6) is -0.571. The van der Waals surface area contributed by atoms with Gasteiger partial charge in [-0.15, -0.1) is 0 Å². The summed E-state index contributed by atoms with van der Waals surface area (Å²) in [6, 6.07) is 0. The van der Waals surface area contributed by atoms with Gasteiger partial charge in [-0.2, -0.15) is 10.2 Å². The lowest BCUT2D eigenvalue weighted by Gasteiger charge is -2.00. The summed E-state index contributed by atoms with van der Waals surface area (Å²) in [5.41, 5.74) is 0.635. The van der Waals surface area contributed by atoms with Gasteiger partial charge in [-0.3, -0.25) is 19.6 Å². The number of carbonyl (C=O) groups is 1. The Bertz CT molecular complexity index is 640. The molecule has 0 spiro atoms. The number of rotatable bonds is 2. The third kappa shape index (κ3) is 1.77. The third-order valence-electron chi connectivity index (χ3n) is 2.50. The molecule has 0 aliphatic heterocycles. The van der Waals surface area contributed by atoms with E-state index in [1.54, 1.807) is 6.92 Å². The molecule has 2 rings (SSSR count). The summed E-state index contributed by atoms with van der Waals surface area (Å²) in [6.45, 7) is 3.27. The van der Waals surface area contributed by atoms with E-state index in [0.29, 0.717) is 0 Å². The van der Waals surface area contributed by atoms with Crippen molar-refractivity contribution in [2.45, 2.75) is 13.8 Å². The smallest absolute Gasteiger partial charge is 0.265 e. The largest absolute Gasteiger partial charge is 0.322 e. The van der Waals surface area contributed by atoms with Gasteiger partial charge < -0.3 is 0 Å². The van der Waals surface area contributed by atoms with Crippen LogP contribution in [0.15, 0.2) is 12.4 Å². The van der Waals surface area contributed by atoms with Gasteiger partial charge in [0.15, 0.2) is 0 Å². The number of hydrogen-bond donors (Lipinski definition) is 0. The van der Waals surface area contributed by atoms with Crippen LogP contribution in [-0.2, 0) is 7.05 Å². The molecule has 0 amide bonds. The quantitative estimate of drug-likeness (QED) is 0.580. The number of nitro groups is 1. The van der Waals surface area contributed by atoms with Crippen LogP contribution in [0.5, 0.6) is 0 Å². The zero-order valence-electron chi connectivity index (χ0n) is 10.1. The van der Waals surface area contributed by atoms with Gasteiger partial charge in [0.25, 0.3) is 0 Å². The SMILES string of the molecule is Cc1cnn(C(=O)c2c([N+](=O)[O-])c(C)nn2C)c1. The fourth-order valence-corrected chi connectivity index (χ4v) is 1.74. The Kier molecular flexibility index (Phi) is 2.70. The topological polar surface area (TPSA) is 95.8 Å². The Morgan fingerprint density at radius 1 is 1.44 bits per heavy atom. The number of hydrogen-bond acceptors (Lipinski definition) is 5. The molecule has 0 aliphatic rings. The van der Waals surface area contributed by atoms with Gasteiger partial charge in [-0.1, -0.05) is 0 Å². The molecule has 0 aliphatic carbocycles. The highest BCUT2D eigenvalue weighted by Crippen LogP contribution is 2.22. The normalized spacial score (nSPS) is 10.6. The van der Waals surface area contributed by atoms with Gasteiger partial charge in [0.1, 0.15) is 5.69 Å². The Balaban J connectivity index is 2.58. The number of nitrogens with zero attached hydrogens (tertiary/aromatic N) is 5. The van der Waals surface area contributed by atoms with Crippen molar-refractivity contribution in [3.63, 3.8) is 0 Å². The van der Waals surface area contributed by atoms with Gasteiger partial charge in [0, 0.05) is 13.2 Å². The second-order valence-corrected chi connectivity index (χ2v) is 3.93. The summed E-state index contributed by atoms with van der Waals surface area (Å²) in [4.78, 5) is 22.5. The maximum absolute atomic E-state index is 12.2. The fraction of sp³-hybridized carbons (Fsp3) is 0.300. The monoisotopic (exact) mass is 249 g/mol. The van der Waals surface area contributed by atoms with Crippen LogP contribution in [0, 0.1) is 24.0 Å². The van der Waals surface area contributed by atoms with Crippen molar-refractivity contribution in [2.75, 3.05) is 0 Å². The van der Waals surface area contributed by atoms with Crippen LogP contribution in [0.4, 0.5) is 5.69 Å². The predicted octanol–water partition coefficient (Wildman–Crippen LogP) is 0.830. The summed E-state index contributed by atoms with van der Waals surface area (Å²) in [7, 11) is 1.49. The van der Waals surface area contributed by atoms with Crippen LogP contribution in [0.2, 0.25) is 0 Å². The minimum absolute atomic E-state index is 0.0828. The molecular weight excluding hydrogens is 238 g/mol. The maximum atomic E-state index is 12.2. The number of aryl methyl sites for hydroxylation is 3. The molecule has 18 heavy (non-hydrogen) atoms. The molecule has 8 heteroatoms. The van der Waals surface area contributed by atoms with Crippen LogP contribution in [-0.4, -0.2) is 30.4 Å². The van der Waals surface area contributed by atoms with Crippen LogP contribution < -0.4 is 0 Å². The molecule has 0 bridgehead atoms. The van der Waals surface area contributed by atoms with Crippen LogP contribution in [0.1, 0.15) is 21.7 Å². The molecule has 2 aromatic rings. The summed E-state index contributed by atoms with van der Waals surface area (Å²) in [6.07, 6.45) is 3.02. The molecule has 94 valence electrons. The first-order valence-electron chi connectivity index (χ1n) is 5.15. The van der Waals surface area contributed by atoms with Crippen molar-refractivity contribution in [1.82, 2.24) is 19.6 Å². The van der Waals surface area contributed by atoms with Gasteiger partial charge in [-0.05, 0) is 19.4 Å². The van der Waals surface area contributed by atoms with Crippen molar-refractivity contribution in [3.8, 4) is 0 Å². The first kappa shape index (κ1) is 12.0. The van der Waals surface area contributed by atoms with Crippen LogP contribution in [0.25, 0.3) is 0 Å². The van der Waals surface area contributed by atoms with Crippen molar-refractivity contribution >= 4 is 11.6 Å². The molecule has 0 aromatic carbocycles. The molecule has 2 aromatic heterocycles. The molecule has 0 unspecified atom stereocenters. The van der Waals surface area contributed by atoms with Gasteiger partial charge in [0.05, 0.1) is 11.1 Å². The molecule has 0 atom stereocenters. The Hall–Kier alpha value is -2.51. The zero-order valence-corrected chi connectivity index (χ0v) is 10.1. The highest BCUT2D eigenvalue weighted by atomic mass is 16.6. The summed E-state index contributed by atoms with van der Waals surface area (Å²) >= 11 is 0. The van der Waals surface area contributed by atoms with E-state index in [1.165, 1.54) is 31.0 Å². The second kappa shape index (κ2) is 4.06. The molecule has 0 saturated heterocycles. The van der Waals surface area contributed by atoms with E-state index in [4.69, 9.17) is 0 Å². The number of aromatic nitrogens is 4. The van der Waals surface area contributed by atoms with E-state index in [0.717, 1.165) is 10.2 Å². The lowest BCUT2D eigenvalue weighted by Crippen LogP contribution is -2.17. The van der Waals surface area contributed by atoms with E-state index in [1.807, 2.05) is 0 Å². The Morgan fingerprint density at radius 3 is 2.61 bits per heavy atom. The van der Waals surface area contributed by atoms with Crippen LogP contribution in [0.3, 0.4) is 0 Å². The van der Waals surface area contributed by atoms with E-state index in [-0.39, 0.29) is 17.1 Å². The maximum Gasteiger partial charge on any atom is 0.322 e. The molecular formula is C10H11N5O3. The van der Waals surface area contributed by atoms with E-state index >= 15 is 0 Å². The lowest BCUT2D eigenvalue weighted by atomic mass is 10.3. The first-order valence-corrected chi connectivity index (χ1v) is 5.15. The molecule has 0 saturated carbocycles. The standard InChI is InChI=1S/C10H11N5O3/c1-6-4-11-14(5-6)10(16)9-8(15(17)18)7(2)12-13(9)3/h4-5H,1-3H3. The highest BCUT2D eigenvalue weighted by molar-refractivity contribution is 5.97. The minimum Gasteiger partial charge on any atom is -0.265 e. The van der Waals surface area contributed by atoms with Gasteiger partial charge in [-0.25, -0.2) is 4.68 Å². The lowest BCUT2D eigenvalue weighted by molar-refractivity contribution is -0.385. The molecule has 0 radical (unpaired) electrons. The fourth-order valence-electron chi connectivity index (χ4n) is 1.74. The van der Waals surface area contributed by atoms with Gasteiger partial charge >= 0.3 is 11.6 Å². The third-order valence-corrected chi connectivity index (χ3v) is 2.50. The minimum atomic E-state index is -0.605. The van der Waals surface area contributed by atoms with Crippen molar-refractivity contribution in [1.29, 1.82) is 0 Å². The highest BCUT2D eigenvalue weighted by Gasteiger charge is 2.30. The predicted molar refractivity (Wildman–Crippen MR) is 61.3 cm³/mol. The Morgan fingerprint density at radius 2 is 2.11 bits per heavy atom. The first-order chi connectivity index (χ1) is 8.41. The van der Waals surface area contributed by atoms with E-state index in [9.17, 15) is 14.9 Å². The number of carbonyl (C=O) groups excluding carboxylic acids is 1. The van der Waals surface area contributed by atoms with Gasteiger partial charge in [0.2, 0.25) is 5.69 Å². The zero-order chi connectivity index (χ0) is 13.4. The van der Waals surface area contributed by atoms with Crippen molar-refractivity contribution in [2.24, 2.45) is 7.05 Å². The average Bonchev–Trinajstić information content (AvgIpc) is 2.81. The summed E-state index contributed by atoms with van der Waals surface area (Å²) < 4.78 is 2.27. The van der Waals surface area contributed by atoms with E-state index in [2.05, 4.69) is 10.2 Å². The molecule has 0 fully saturated rings. The van der Waals surface area contributed by atoms with Crippen molar-refractivity contribution in [3.05, 3.63) is 39.5 Å². The molecule has 0 N–H and O–H groups in total.